The van der Waals surface area contributed by atoms with E-state index >= 15 is 0 Å². The van der Waals surface area contributed by atoms with Crippen molar-refractivity contribution < 1.29 is 4.92 Å². The zero-order valence-electron chi connectivity index (χ0n) is 10.6. The van der Waals surface area contributed by atoms with Gasteiger partial charge in [-0.05, 0) is 30.2 Å². The molecule has 0 spiro atoms. The summed E-state index contributed by atoms with van der Waals surface area (Å²) in [6, 6.07) is 2.83. The van der Waals surface area contributed by atoms with E-state index in [1.165, 1.54) is 12.1 Å². The fourth-order valence-corrected chi connectivity index (χ4v) is 2.12. The summed E-state index contributed by atoms with van der Waals surface area (Å²) >= 11 is 0. The highest BCUT2D eigenvalue weighted by atomic mass is 16.6. The molecule has 1 aromatic rings. The van der Waals surface area contributed by atoms with E-state index in [1.807, 2.05) is 0 Å². The van der Waals surface area contributed by atoms with Crippen LogP contribution in [-0.4, -0.2) is 16.5 Å². The second-order valence-electron chi connectivity index (χ2n) is 5.23. The number of anilines is 2. The summed E-state index contributed by atoms with van der Waals surface area (Å²) in [5, 5.41) is 14.0. The number of hydrogen-bond acceptors (Lipinski definition) is 5. The minimum absolute atomic E-state index is 0.0243. The Kier molecular flexibility index (Phi) is 3.11. The minimum Gasteiger partial charge on any atom is -0.384 e. The molecule has 6 nitrogen and oxygen atoms in total. The minimum atomic E-state index is -0.441. The number of nitrogen functional groups attached to an aromatic ring is 1. The van der Waals surface area contributed by atoms with Gasteiger partial charge in [0.15, 0.2) is 0 Å². The summed E-state index contributed by atoms with van der Waals surface area (Å²) in [5.41, 5.74) is 5.81. The molecule has 98 valence electrons. The van der Waals surface area contributed by atoms with Gasteiger partial charge in [0.05, 0.1) is 4.92 Å². The normalized spacial score (nSPS) is 16.6. The molecule has 0 atom stereocenters. The van der Waals surface area contributed by atoms with Gasteiger partial charge in [0, 0.05) is 12.6 Å². The highest BCUT2D eigenvalue weighted by Crippen LogP contribution is 2.51. The van der Waals surface area contributed by atoms with Crippen molar-refractivity contribution in [2.75, 3.05) is 17.6 Å². The molecule has 0 amide bonds. The van der Waals surface area contributed by atoms with Gasteiger partial charge >= 0.3 is 5.69 Å². The van der Waals surface area contributed by atoms with E-state index in [0.717, 1.165) is 12.8 Å². The van der Waals surface area contributed by atoms with Crippen LogP contribution in [0, 0.1) is 21.4 Å². The molecule has 0 bridgehead atoms. The van der Waals surface area contributed by atoms with Crippen LogP contribution >= 0.6 is 0 Å². The monoisotopic (exact) mass is 250 g/mol. The Hall–Kier alpha value is -1.85. The van der Waals surface area contributed by atoms with Crippen LogP contribution in [0.1, 0.15) is 26.7 Å². The standard InChI is InChI=1S/C12H18N4O2/c1-8(2)12(5-6-12)7-14-11-9(16(17)18)3-4-10(13)15-11/h3-4,8H,5-7H2,1-2H3,(H3,13,14,15). The van der Waals surface area contributed by atoms with Crippen LogP contribution in [0.2, 0.25) is 0 Å². The van der Waals surface area contributed by atoms with Gasteiger partial charge in [-0.2, -0.15) is 0 Å². The van der Waals surface area contributed by atoms with Crippen LogP contribution in [0.3, 0.4) is 0 Å². The van der Waals surface area contributed by atoms with E-state index in [9.17, 15) is 10.1 Å². The molecule has 0 aromatic carbocycles. The lowest BCUT2D eigenvalue weighted by Gasteiger charge is -2.20. The third-order valence-corrected chi connectivity index (χ3v) is 3.82. The van der Waals surface area contributed by atoms with E-state index < -0.39 is 4.92 Å². The number of nitrogens with zero attached hydrogens (tertiary/aromatic N) is 2. The Bertz CT molecular complexity index is 469. The average molecular weight is 250 g/mol. The van der Waals surface area contributed by atoms with Gasteiger partial charge in [-0.15, -0.1) is 0 Å². The number of aromatic nitrogens is 1. The quantitative estimate of drug-likeness (QED) is 0.618. The van der Waals surface area contributed by atoms with Crippen LogP contribution in [0.15, 0.2) is 12.1 Å². The molecule has 1 aromatic heterocycles. The SMILES string of the molecule is CC(C)C1(CNc2nc(N)ccc2[N+](=O)[O-])CC1. The van der Waals surface area contributed by atoms with Crippen molar-refractivity contribution in [1.82, 2.24) is 4.98 Å². The fraction of sp³-hybridized carbons (Fsp3) is 0.583. The molecule has 1 fully saturated rings. The number of nitrogens with one attached hydrogen (secondary N) is 1. The number of nitro groups is 1. The maximum Gasteiger partial charge on any atom is 0.311 e. The van der Waals surface area contributed by atoms with Gasteiger partial charge < -0.3 is 11.1 Å². The molecule has 0 unspecified atom stereocenters. The summed E-state index contributed by atoms with van der Waals surface area (Å²) in [6.45, 7) is 5.06. The van der Waals surface area contributed by atoms with Crippen LogP contribution in [-0.2, 0) is 0 Å². The molecule has 0 radical (unpaired) electrons. The maximum atomic E-state index is 10.9. The smallest absolute Gasteiger partial charge is 0.311 e. The fourth-order valence-electron chi connectivity index (χ4n) is 2.12. The summed E-state index contributed by atoms with van der Waals surface area (Å²) in [7, 11) is 0. The van der Waals surface area contributed by atoms with E-state index in [4.69, 9.17) is 5.73 Å². The van der Waals surface area contributed by atoms with E-state index in [0.29, 0.717) is 12.5 Å². The Morgan fingerprint density at radius 3 is 2.72 bits per heavy atom. The molecule has 3 N–H and O–H groups in total. The Morgan fingerprint density at radius 2 is 2.22 bits per heavy atom. The number of nitrogens with two attached hydrogens (primary N) is 1. The largest absolute Gasteiger partial charge is 0.384 e. The summed E-state index contributed by atoms with van der Waals surface area (Å²) in [4.78, 5) is 14.5. The number of hydrogen-bond donors (Lipinski definition) is 2. The molecular weight excluding hydrogens is 232 g/mol. The molecule has 1 saturated carbocycles. The highest BCUT2D eigenvalue weighted by molar-refractivity contribution is 5.59. The molecule has 1 aliphatic carbocycles. The van der Waals surface area contributed by atoms with Gasteiger partial charge in [0.25, 0.3) is 0 Å². The first-order chi connectivity index (χ1) is 8.44. The lowest BCUT2D eigenvalue weighted by molar-refractivity contribution is -0.384. The van der Waals surface area contributed by atoms with Gasteiger partial charge in [-0.3, -0.25) is 10.1 Å². The van der Waals surface area contributed by atoms with E-state index in [-0.39, 0.29) is 22.7 Å². The number of rotatable bonds is 5. The molecular formula is C12H18N4O2. The summed E-state index contributed by atoms with van der Waals surface area (Å²) < 4.78 is 0. The average Bonchev–Trinajstić information content (AvgIpc) is 3.07. The second kappa shape index (κ2) is 4.44. The second-order valence-corrected chi connectivity index (χ2v) is 5.23. The Labute approximate surface area is 106 Å². The Balaban J connectivity index is 2.14. The molecule has 18 heavy (non-hydrogen) atoms. The van der Waals surface area contributed by atoms with Gasteiger partial charge in [0.1, 0.15) is 5.82 Å². The molecule has 6 heteroatoms. The zero-order valence-corrected chi connectivity index (χ0v) is 10.6. The predicted octanol–water partition coefficient (Wildman–Crippen LogP) is 2.42. The van der Waals surface area contributed by atoms with Crippen molar-refractivity contribution >= 4 is 17.3 Å². The number of pyridine rings is 1. The van der Waals surface area contributed by atoms with Crippen molar-refractivity contribution in [3.8, 4) is 0 Å². The lowest BCUT2D eigenvalue weighted by atomic mass is 9.92. The topological polar surface area (TPSA) is 94.1 Å². The first-order valence-electron chi connectivity index (χ1n) is 6.09. The molecule has 0 saturated heterocycles. The van der Waals surface area contributed by atoms with Crippen LogP contribution in [0.25, 0.3) is 0 Å². The van der Waals surface area contributed by atoms with Crippen molar-refractivity contribution in [2.45, 2.75) is 26.7 Å². The molecule has 1 heterocycles. The van der Waals surface area contributed by atoms with Crippen molar-refractivity contribution in [3.63, 3.8) is 0 Å². The van der Waals surface area contributed by atoms with Gasteiger partial charge in [-0.25, -0.2) is 4.98 Å². The van der Waals surface area contributed by atoms with Crippen LogP contribution < -0.4 is 11.1 Å². The van der Waals surface area contributed by atoms with Crippen LogP contribution in [0.5, 0.6) is 0 Å². The van der Waals surface area contributed by atoms with Gasteiger partial charge in [0.2, 0.25) is 5.82 Å². The van der Waals surface area contributed by atoms with Crippen LogP contribution in [0.4, 0.5) is 17.3 Å². The Morgan fingerprint density at radius 1 is 1.56 bits per heavy atom. The third kappa shape index (κ3) is 2.37. The zero-order chi connectivity index (χ0) is 13.3. The highest BCUT2D eigenvalue weighted by Gasteiger charge is 2.45. The van der Waals surface area contributed by atoms with E-state index in [1.54, 1.807) is 0 Å². The first kappa shape index (κ1) is 12.6. The molecule has 2 rings (SSSR count). The maximum absolute atomic E-state index is 10.9. The summed E-state index contributed by atoms with van der Waals surface area (Å²) in [5.74, 6) is 1.12. The predicted molar refractivity (Wildman–Crippen MR) is 70.3 cm³/mol. The van der Waals surface area contributed by atoms with Crippen molar-refractivity contribution in [1.29, 1.82) is 0 Å². The van der Waals surface area contributed by atoms with Crippen molar-refractivity contribution in [3.05, 3.63) is 22.2 Å². The first-order valence-corrected chi connectivity index (χ1v) is 6.09. The third-order valence-electron chi connectivity index (χ3n) is 3.82. The van der Waals surface area contributed by atoms with E-state index in [2.05, 4.69) is 24.1 Å². The molecule has 1 aliphatic rings. The molecule has 0 aliphatic heterocycles. The van der Waals surface area contributed by atoms with Crippen molar-refractivity contribution in [2.24, 2.45) is 11.3 Å². The van der Waals surface area contributed by atoms with Gasteiger partial charge in [-0.1, -0.05) is 13.8 Å². The summed E-state index contributed by atoms with van der Waals surface area (Å²) in [6.07, 6.45) is 2.32. The lowest BCUT2D eigenvalue weighted by Crippen LogP contribution is -2.21.